The van der Waals surface area contributed by atoms with E-state index in [1.54, 1.807) is 0 Å². The Morgan fingerprint density at radius 1 is 1.11 bits per heavy atom. The molecule has 0 aromatic heterocycles. The fourth-order valence-corrected chi connectivity index (χ4v) is 3.20. The number of benzene rings is 1. The molecule has 0 heterocycles. The van der Waals surface area contributed by atoms with Crippen LogP contribution < -0.4 is 5.32 Å². The molecule has 0 spiro atoms. The van der Waals surface area contributed by atoms with Gasteiger partial charge >= 0.3 is 0 Å². The topological polar surface area (TPSA) is 12.0 Å². The van der Waals surface area contributed by atoms with Crippen LogP contribution in [0.3, 0.4) is 0 Å². The summed E-state index contributed by atoms with van der Waals surface area (Å²) in [7, 11) is 0. The van der Waals surface area contributed by atoms with Crippen LogP contribution in [0.4, 0.5) is 0 Å². The SMILES string of the molecule is Cc1cccc([C@H](C)NC(C)C2CCCCC2)c1. The molecule has 0 amide bonds. The zero-order valence-corrected chi connectivity index (χ0v) is 12.1. The van der Waals surface area contributed by atoms with E-state index in [-0.39, 0.29) is 0 Å². The van der Waals surface area contributed by atoms with Crippen molar-refractivity contribution in [1.82, 2.24) is 5.32 Å². The van der Waals surface area contributed by atoms with E-state index in [2.05, 4.69) is 50.4 Å². The van der Waals surface area contributed by atoms with Crippen molar-refractivity contribution in [2.24, 2.45) is 5.92 Å². The van der Waals surface area contributed by atoms with E-state index in [0.29, 0.717) is 12.1 Å². The fraction of sp³-hybridized carbons (Fsp3) is 0.647. The molecule has 1 aliphatic carbocycles. The maximum Gasteiger partial charge on any atom is 0.0294 e. The summed E-state index contributed by atoms with van der Waals surface area (Å²) in [4.78, 5) is 0. The molecule has 1 aromatic carbocycles. The molecule has 1 aliphatic rings. The number of rotatable bonds is 4. The van der Waals surface area contributed by atoms with Gasteiger partial charge in [-0.3, -0.25) is 0 Å². The largest absolute Gasteiger partial charge is 0.307 e. The van der Waals surface area contributed by atoms with Gasteiger partial charge in [-0.2, -0.15) is 0 Å². The Bertz CT molecular complexity index is 366. The summed E-state index contributed by atoms with van der Waals surface area (Å²) >= 11 is 0. The standard InChI is InChI=1S/C17H27N/c1-13-8-7-11-17(12-13)15(3)18-14(2)16-9-5-4-6-10-16/h7-8,11-12,14-16,18H,4-6,9-10H2,1-3H3/t14?,15-/m0/s1. The first-order chi connectivity index (χ1) is 8.66. The number of aryl methyl sites for hydroxylation is 1. The van der Waals surface area contributed by atoms with Crippen LogP contribution in [0.15, 0.2) is 24.3 Å². The molecule has 2 rings (SSSR count). The molecule has 1 nitrogen and oxygen atoms in total. The summed E-state index contributed by atoms with van der Waals surface area (Å²) in [5.74, 6) is 0.881. The second kappa shape index (κ2) is 6.38. The van der Waals surface area contributed by atoms with E-state index in [4.69, 9.17) is 0 Å². The second-order valence-corrected chi connectivity index (χ2v) is 5.99. The van der Waals surface area contributed by atoms with Gasteiger partial charge in [0, 0.05) is 12.1 Å². The van der Waals surface area contributed by atoms with E-state index < -0.39 is 0 Å². The van der Waals surface area contributed by atoms with Crippen molar-refractivity contribution in [2.45, 2.75) is 65.0 Å². The van der Waals surface area contributed by atoms with Crippen LogP contribution in [0.1, 0.15) is 63.1 Å². The molecular formula is C17H27N. The van der Waals surface area contributed by atoms with Gasteiger partial charge in [-0.1, -0.05) is 49.1 Å². The molecule has 1 saturated carbocycles. The van der Waals surface area contributed by atoms with Crippen molar-refractivity contribution in [3.8, 4) is 0 Å². The van der Waals surface area contributed by atoms with E-state index in [9.17, 15) is 0 Å². The van der Waals surface area contributed by atoms with Gasteiger partial charge in [-0.05, 0) is 45.1 Å². The lowest BCUT2D eigenvalue weighted by Gasteiger charge is -2.31. The summed E-state index contributed by atoms with van der Waals surface area (Å²) in [6, 6.07) is 9.96. The molecular weight excluding hydrogens is 218 g/mol. The van der Waals surface area contributed by atoms with Crippen molar-refractivity contribution >= 4 is 0 Å². The number of hydrogen-bond donors (Lipinski definition) is 1. The highest BCUT2D eigenvalue weighted by Gasteiger charge is 2.21. The van der Waals surface area contributed by atoms with Crippen LogP contribution in [0.2, 0.25) is 0 Å². The van der Waals surface area contributed by atoms with E-state index >= 15 is 0 Å². The van der Waals surface area contributed by atoms with Gasteiger partial charge in [-0.25, -0.2) is 0 Å². The quantitative estimate of drug-likeness (QED) is 0.816. The van der Waals surface area contributed by atoms with Crippen molar-refractivity contribution in [2.75, 3.05) is 0 Å². The highest BCUT2D eigenvalue weighted by atomic mass is 14.9. The average Bonchev–Trinajstić information content (AvgIpc) is 2.39. The Hall–Kier alpha value is -0.820. The maximum absolute atomic E-state index is 3.79. The van der Waals surface area contributed by atoms with Gasteiger partial charge < -0.3 is 5.32 Å². The zero-order chi connectivity index (χ0) is 13.0. The third kappa shape index (κ3) is 3.58. The Balaban J connectivity index is 1.91. The van der Waals surface area contributed by atoms with Crippen molar-refractivity contribution in [3.63, 3.8) is 0 Å². The molecule has 1 heteroatoms. The lowest BCUT2D eigenvalue weighted by Crippen LogP contribution is -2.36. The Kier molecular flexibility index (Phi) is 4.82. The third-order valence-electron chi connectivity index (χ3n) is 4.41. The molecule has 0 radical (unpaired) electrons. The Morgan fingerprint density at radius 2 is 1.83 bits per heavy atom. The summed E-state index contributed by atoms with van der Waals surface area (Å²) in [5, 5.41) is 3.79. The number of nitrogens with one attached hydrogen (secondary N) is 1. The van der Waals surface area contributed by atoms with E-state index in [1.807, 2.05) is 0 Å². The van der Waals surface area contributed by atoms with Crippen LogP contribution in [0.5, 0.6) is 0 Å². The predicted molar refractivity (Wildman–Crippen MR) is 78.8 cm³/mol. The average molecular weight is 245 g/mol. The predicted octanol–water partition coefficient (Wildman–Crippen LogP) is 4.61. The molecule has 1 aromatic rings. The lowest BCUT2D eigenvalue weighted by molar-refractivity contribution is 0.268. The van der Waals surface area contributed by atoms with E-state index in [1.165, 1.54) is 43.2 Å². The van der Waals surface area contributed by atoms with Gasteiger partial charge in [-0.15, -0.1) is 0 Å². The first-order valence-electron chi connectivity index (χ1n) is 7.49. The fourth-order valence-electron chi connectivity index (χ4n) is 3.20. The van der Waals surface area contributed by atoms with Crippen molar-refractivity contribution in [1.29, 1.82) is 0 Å². The summed E-state index contributed by atoms with van der Waals surface area (Å²) in [6.45, 7) is 6.82. The molecule has 100 valence electrons. The third-order valence-corrected chi connectivity index (χ3v) is 4.41. The highest BCUT2D eigenvalue weighted by Crippen LogP contribution is 2.27. The molecule has 0 saturated heterocycles. The normalized spacial score (nSPS) is 20.6. The van der Waals surface area contributed by atoms with Crippen LogP contribution >= 0.6 is 0 Å². The molecule has 1 unspecified atom stereocenters. The first-order valence-corrected chi connectivity index (χ1v) is 7.49. The minimum absolute atomic E-state index is 0.460. The zero-order valence-electron chi connectivity index (χ0n) is 12.1. The van der Waals surface area contributed by atoms with Crippen LogP contribution in [0, 0.1) is 12.8 Å². The molecule has 2 atom stereocenters. The smallest absolute Gasteiger partial charge is 0.0294 e. The van der Waals surface area contributed by atoms with Crippen LogP contribution in [-0.4, -0.2) is 6.04 Å². The lowest BCUT2D eigenvalue weighted by atomic mass is 9.84. The second-order valence-electron chi connectivity index (χ2n) is 5.99. The summed E-state index contributed by atoms with van der Waals surface area (Å²) in [5.41, 5.74) is 2.77. The first kappa shape index (κ1) is 13.6. The summed E-state index contributed by atoms with van der Waals surface area (Å²) in [6.07, 6.45) is 7.12. The van der Waals surface area contributed by atoms with Crippen LogP contribution in [0.25, 0.3) is 0 Å². The van der Waals surface area contributed by atoms with Gasteiger partial charge in [0.25, 0.3) is 0 Å². The molecule has 0 aliphatic heterocycles. The Labute approximate surface area is 112 Å². The molecule has 0 bridgehead atoms. The summed E-state index contributed by atoms with van der Waals surface area (Å²) < 4.78 is 0. The molecule has 18 heavy (non-hydrogen) atoms. The highest BCUT2D eigenvalue weighted by molar-refractivity contribution is 5.24. The van der Waals surface area contributed by atoms with Crippen LogP contribution in [-0.2, 0) is 0 Å². The molecule has 1 fully saturated rings. The van der Waals surface area contributed by atoms with Gasteiger partial charge in [0.1, 0.15) is 0 Å². The minimum atomic E-state index is 0.460. The van der Waals surface area contributed by atoms with Gasteiger partial charge in [0.2, 0.25) is 0 Å². The van der Waals surface area contributed by atoms with Gasteiger partial charge in [0.15, 0.2) is 0 Å². The van der Waals surface area contributed by atoms with Crippen molar-refractivity contribution in [3.05, 3.63) is 35.4 Å². The van der Waals surface area contributed by atoms with Crippen molar-refractivity contribution < 1.29 is 0 Å². The number of hydrogen-bond acceptors (Lipinski definition) is 1. The maximum atomic E-state index is 3.79. The minimum Gasteiger partial charge on any atom is -0.307 e. The van der Waals surface area contributed by atoms with Gasteiger partial charge in [0.05, 0.1) is 0 Å². The Morgan fingerprint density at radius 3 is 2.50 bits per heavy atom. The molecule has 1 N–H and O–H groups in total. The monoisotopic (exact) mass is 245 g/mol. The van der Waals surface area contributed by atoms with E-state index in [0.717, 1.165) is 5.92 Å².